The molecule has 0 spiro atoms. The summed E-state index contributed by atoms with van der Waals surface area (Å²) in [5.41, 5.74) is 23.6. The third-order valence-corrected chi connectivity index (χ3v) is 1.29. The van der Waals surface area contributed by atoms with Crippen LogP contribution < -0.4 is 22.9 Å². The highest BCUT2D eigenvalue weighted by molar-refractivity contribution is 5.86. The van der Waals surface area contributed by atoms with Crippen LogP contribution in [0.3, 0.4) is 0 Å². The maximum atomic E-state index is 5.43. The highest BCUT2D eigenvalue weighted by Gasteiger charge is 1.97. The second kappa shape index (κ2) is 9.15. The molecule has 4 nitrogen and oxygen atoms in total. The van der Waals surface area contributed by atoms with Crippen LogP contribution in [-0.2, 0) is 0 Å². The van der Waals surface area contributed by atoms with Crippen molar-refractivity contribution in [1.82, 2.24) is 0 Å². The van der Waals surface area contributed by atoms with Gasteiger partial charge in [0.2, 0.25) is 0 Å². The fourth-order valence-electron chi connectivity index (χ4n) is 0.668. The van der Waals surface area contributed by atoms with Gasteiger partial charge in [-0.15, -0.1) is 49.6 Å². The molecular formula is C6H14Cl4N4. The van der Waals surface area contributed by atoms with Crippen molar-refractivity contribution in [1.29, 1.82) is 0 Å². The van der Waals surface area contributed by atoms with Gasteiger partial charge in [0.25, 0.3) is 0 Å². The van der Waals surface area contributed by atoms with Gasteiger partial charge in [-0.1, -0.05) is 0 Å². The Morgan fingerprint density at radius 3 is 0.786 bits per heavy atom. The van der Waals surface area contributed by atoms with E-state index in [2.05, 4.69) is 0 Å². The molecule has 0 heterocycles. The summed E-state index contributed by atoms with van der Waals surface area (Å²) in [6.07, 6.45) is 0. The van der Waals surface area contributed by atoms with Crippen molar-refractivity contribution < 1.29 is 0 Å². The van der Waals surface area contributed by atoms with Gasteiger partial charge in [-0.25, -0.2) is 0 Å². The van der Waals surface area contributed by atoms with Crippen molar-refractivity contribution in [2.24, 2.45) is 0 Å². The number of anilines is 4. The van der Waals surface area contributed by atoms with E-state index in [-0.39, 0.29) is 49.6 Å². The lowest BCUT2D eigenvalue weighted by Gasteiger charge is -2.03. The number of nitrogens with two attached hydrogens (primary N) is 4. The minimum Gasteiger partial charge on any atom is -0.397 e. The van der Waals surface area contributed by atoms with Crippen molar-refractivity contribution in [2.75, 3.05) is 22.9 Å². The monoisotopic (exact) mass is 282 g/mol. The molecule has 0 aliphatic carbocycles. The van der Waals surface area contributed by atoms with E-state index < -0.39 is 0 Å². The van der Waals surface area contributed by atoms with Crippen LogP contribution >= 0.6 is 49.6 Å². The molecule has 0 saturated carbocycles. The number of rotatable bonds is 0. The van der Waals surface area contributed by atoms with E-state index in [0.717, 1.165) is 0 Å². The molecule has 0 aliphatic heterocycles. The molecule has 0 aromatic heterocycles. The SMILES string of the molecule is Cl.Cl.Cl.Cl.Nc1cc(N)c(N)cc1N. The molecule has 0 atom stereocenters. The van der Waals surface area contributed by atoms with E-state index in [1.54, 1.807) is 12.1 Å². The molecule has 86 valence electrons. The second-order valence-electron chi connectivity index (χ2n) is 2.11. The molecule has 8 heteroatoms. The number of hydrogen-bond donors (Lipinski definition) is 4. The number of benzene rings is 1. The molecule has 8 N–H and O–H groups in total. The summed E-state index contributed by atoms with van der Waals surface area (Å²) in [7, 11) is 0. The van der Waals surface area contributed by atoms with Crippen LogP contribution in [0, 0.1) is 0 Å². The Bertz CT molecular complexity index is 218. The van der Waals surface area contributed by atoms with Gasteiger partial charge in [0.15, 0.2) is 0 Å². The Hall–Kier alpha value is -0.420. The molecule has 0 fully saturated rings. The predicted octanol–water partition coefficient (Wildman–Crippen LogP) is 1.70. The van der Waals surface area contributed by atoms with Crippen molar-refractivity contribution in [3.63, 3.8) is 0 Å². The summed E-state index contributed by atoms with van der Waals surface area (Å²) in [4.78, 5) is 0. The minimum atomic E-state index is 0. The largest absolute Gasteiger partial charge is 0.397 e. The van der Waals surface area contributed by atoms with Crippen LogP contribution in [0.25, 0.3) is 0 Å². The van der Waals surface area contributed by atoms with E-state index >= 15 is 0 Å². The molecule has 0 unspecified atom stereocenters. The number of hydrogen-bond acceptors (Lipinski definition) is 4. The maximum absolute atomic E-state index is 5.43. The highest BCUT2D eigenvalue weighted by Crippen LogP contribution is 2.23. The zero-order chi connectivity index (χ0) is 7.72. The van der Waals surface area contributed by atoms with Crippen LogP contribution in [-0.4, -0.2) is 0 Å². The Morgan fingerprint density at radius 2 is 0.643 bits per heavy atom. The lowest BCUT2D eigenvalue weighted by atomic mass is 10.2. The van der Waals surface area contributed by atoms with Gasteiger partial charge < -0.3 is 22.9 Å². The first-order valence-corrected chi connectivity index (χ1v) is 2.81. The molecule has 1 aromatic rings. The molecule has 0 radical (unpaired) electrons. The molecule has 0 aliphatic rings. The van der Waals surface area contributed by atoms with Crippen molar-refractivity contribution in [3.05, 3.63) is 12.1 Å². The van der Waals surface area contributed by atoms with Gasteiger partial charge in [0, 0.05) is 0 Å². The maximum Gasteiger partial charge on any atom is 0.0570 e. The summed E-state index contributed by atoms with van der Waals surface area (Å²) >= 11 is 0. The van der Waals surface area contributed by atoms with E-state index in [0.29, 0.717) is 22.7 Å². The van der Waals surface area contributed by atoms with Crippen molar-refractivity contribution in [3.8, 4) is 0 Å². The zero-order valence-corrected chi connectivity index (χ0v) is 10.4. The van der Waals surface area contributed by atoms with Crippen LogP contribution in [0.1, 0.15) is 0 Å². The van der Waals surface area contributed by atoms with Gasteiger partial charge in [-0.05, 0) is 12.1 Å². The molecular weight excluding hydrogens is 270 g/mol. The lowest BCUT2D eigenvalue weighted by molar-refractivity contribution is 1.64. The Morgan fingerprint density at radius 1 is 0.500 bits per heavy atom. The third kappa shape index (κ3) is 5.34. The Kier molecular flexibility index (Phi) is 15.3. The smallest absolute Gasteiger partial charge is 0.0570 e. The predicted molar refractivity (Wildman–Crippen MR) is 73.1 cm³/mol. The molecule has 1 aromatic carbocycles. The average Bonchev–Trinajstić information content (AvgIpc) is 1.84. The van der Waals surface area contributed by atoms with Gasteiger partial charge in [0.1, 0.15) is 0 Å². The average molecular weight is 284 g/mol. The fourth-order valence-corrected chi connectivity index (χ4v) is 0.668. The van der Waals surface area contributed by atoms with Crippen LogP contribution in [0.4, 0.5) is 22.7 Å². The van der Waals surface area contributed by atoms with E-state index in [1.807, 2.05) is 0 Å². The summed E-state index contributed by atoms with van der Waals surface area (Å²) < 4.78 is 0. The normalized spacial score (nSPS) is 6.86. The zero-order valence-electron chi connectivity index (χ0n) is 7.10. The van der Waals surface area contributed by atoms with Gasteiger partial charge in [0.05, 0.1) is 22.7 Å². The minimum absolute atomic E-state index is 0. The first-order valence-electron chi connectivity index (χ1n) is 2.81. The third-order valence-electron chi connectivity index (χ3n) is 1.29. The molecule has 0 amide bonds. The topological polar surface area (TPSA) is 104 Å². The first kappa shape index (κ1) is 23.4. The standard InChI is InChI=1S/C6H10N4.4ClH/c7-3-1-4(8)6(10)2-5(3)9;;;;/h1-2H,7-10H2;4*1H. The summed E-state index contributed by atoms with van der Waals surface area (Å²) in [6, 6.07) is 3.09. The van der Waals surface area contributed by atoms with E-state index in [1.165, 1.54) is 0 Å². The lowest BCUT2D eigenvalue weighted by Crippen LogP contribution is -2.00. The van der Waals surface area contributed by atoms with Crippen LogP contribution in [0.15, 0.2) is 12.1 Å². The Balaban J connectivity index is -0.000000125. The van der Waals surface area contributed by atoms with Crippen LogP contribution in [0.5, 0.6) is 0 Å². The second-order valence-corrected chi connectivity index (χ2v) is 2.11. The van der Waals surface area contributed by atoms with Crippen LogP contribution in [0.2, 0.25) is 0 Å². The number of halogens is 4. The highest BCUT2D eigenvalue weighted by atomic mass is 35.5. The molecule has 1 rings (SSSR count). The number of nitrogen functional groups attached to an aromatic ring is 4. The molecule has 0 bridgehead atoms. The van der Waals surface area contributed by atoms with Gasteiger partial charge in [-0.3, -0.25) is 0 Å². The van der Waals surface area contributed by atoms with Crippen molar-refractivity contribution in [2.45, 2.75) is 0 Å². The Labute approximate surface area is 107 Å². The fraction of sp³-hybridized carbons (Fsp3) is 0. The summed E-state index contributed by atoms with van der Waals surface area (Å²) in [5, 5.41) is 0. The summed E-state index contributed by atoms with van der Waals surface area (Å²) in [5.74, 6) is 0. The molecule has 14 heavy (non-hydrogen) atoms. The first-order chi connectivity index (χ1) is 4.61. The molecule has 0 saturated heterocycles. The van der Waals surface area contributed by atoms with E-state index in [4.69, 9.17) is 22.9 Å². The quantitative estimate of drug-likeness (QED) is 0.544. The van der Waals surface area contributed by atoms with Gasteiger partial charge >= 0.3 is 0 Å². The van der Waals surface area contributed by atoms with Crippen molar-refractivity contribution >= 4 is 72.4 Å². The van der Waals surface area contributed by atoms with E-state index in [9.17, 15) is 0 Å². The van der Waals surface area contributed by atoms with Gasteiger partial charge in [-0.2, -0.15) is 0 Å². The summed E-state index contributed by atoms with van der Waals surface area (Å²) in [6.45, 7) is 0.